The first kappa shape index (κ1) is 12.3. The Kier molecular flexibility index (Phi) is 2.64. The van der Waals surface area contributed by atoms with Crippen molar-refractivity contribution in [3.63, 3.8) is 0 Å². The van der Waals surface area contributed by atoms with Crippen molar-refractivity contribution in [3.8, 4) is 0 Å². The highest BCUT2D eigenvalue weighted by molar-refractivity contribution is 5.72. The first-order chi connectivity index (χ1) is 9.70. The van der Waals surface area contributed by atoms with Crippen LogP contribution in [0.2, 0.25) is 0 Å². The molecule has 20 heavy (non-hydrogen) atoms. The molecule has 2 fully saturated rings. The molecule has 4 heteroatoms. The zero-order valence-corrected chi connectivity index (χ0v) is 12.0. The normalized spacial score (nSPS) is 30.8. The van der Waals surface area contributed by atoms with Gasteiger partial charge in [-0.3, -0.25) is 0 Å². The highest BCUT2D eigenvalue weighted by Gasteiger charge is 2.42. The molecule has 4 nitrogen and oxygen atoms in total. The standard InChI is InChI=1S/C16H22N4/c1-16(9-3-2-6-13(16)17)15-19-12-5-4-10-18-14(12)20(15)11-7-8-11/h4-5,10-11,13H,2-3,6-9,17H2,1H3. The highest BCUT2D eigenvalue weighted by atomic mass is 15.2. The fraction of sp³-hybridized carbons (Fsp3) is 0.625. The predicted molar refractivity (Wildman–Crippen MR) is 79.6 cm³/mol. The van der Waals surface area contributed by atoms with Crippen molar-refractivity contribution in [1.82, 2.24) is 14.5 Å². The van der Waals surface area contributed by atoms with Gasteiger partial charge >= 0.3 is 0 Å². The van der Waals surface area contributed by atoms with Crippen LogP contribution < -0.4 is 5.73 Å². The smallest absolute Gasteiger partial charge is 0.160 e. The van der Waals surface area contributed by atoms with Crippen LogP contribution in [-0.2, 0) is 5.41 Å². The van der Waals surface area contributed by atoms with Crippen LogP contribution in [0.1, 0.15) is 57.3 Å². The molecular formula is C16H22N4. The molecule has 106 valence electrons. The van der Waals surface area contributed by atoms with Gasteiger partial charge in [-0.05, 0) is 37.8 Å². The van der Waals surface area contributed by atoms with Crippen LogP contribution in [0.4, 0.5) is 0 Å². The van der Waals surface area contributed by atoms with Crippen molar-refractivity contribution in [2.24, 2.45) is 5.73 Å². The topological polar surface area (TPSA) is 56.7 Å². The van der Waals surface area contributed by atoms with E-state index in [2.05, 4.69) is 22.5 Å². The van der Waals surface area contributed by atoms with Crippen molar-refractivity contribution in [1.29, 1.82) is 0 Å². The van der Waals surface area contributed by atoms with Crippen molar-refractivity contribution in [2.75, 3.05) is 0 Å². The van der Waals surface area contributed by atoms with Crippen LogP contribution in [0, 0.1) is 0 Å². The molecule has 0 amide bonds. The first-order valence-corrected chi connectivity index (χ1v) is 7.79. The summed E-state index contributed by atoms with van der Waals surface area (Å²) >= 11 is 0. The van der Waals surface area contributed by atoms with E-state index in [0.717, 1.165) is 24.0 Å². The lowest BCUT2D eigenvalue weighted by molar-refractivity contribution is 0.252. The van der Waals surface area contributed by atoms with Crippen LogP contribution in [-0.4, -0.2) is 20.6 Å². The second-order valence-corrected chi connectivity index (χ2v) is 6.65. The molecule has 2 unspecified atom stereocenters. The van der Waals surface area contributed by atoms with Gasteiger partial charge < -0.3 is 10.3 Å². The Balaban J connectivity index is 1.92. The summed E-state index contributed by atoms with van der Waals surface area (Å²) in [5, 5.41) is 0. The van der Waals surface area contributed by atoms with Gasteiger partial charge in [-0.1, -0.05) is 19.8 Å². The molecule has 2 heterocycles. The van der Waals surface area contributed by atoms with E-state index < -0.39 is 0 Å². The van der Waals surface area contributed by atoms with E-state index in [-0.39, 0.29) is 11.5 Å². The van der Waals surface area contributed by atoms with Gasteiger partial charge in [-0.2, -0.15) is 0 Å². The van der Waals surface area contributed by atoms with Crippen LogP contribution in [0.15, 0.2) is 18.3 Å². The summed E-state index contributed by atoms with van der Waals surface area (Å²) in [4.78, 5) is 9.51. The van der Waals surface area contributed by atoms with Gasteiger partial charge in [-0.15, -0.1) is 0 Å². The minimum Gasteiger partial charge on any atom is -0.327 e. The molecule has 0 aromatic carbocycles. The van der Waals surface area contributed by atoms with Crippen LogP contribution >= 0.6 is 0 Å². The van der Waals surface area contributed by atoms with Gasteiger partial charge in [0.05, 0.1) is 0 Å². The Bertz CT molecular complexity index is 643. The largest absolute Gasteiger partial charge is 0.327 e. The van der Waals surface area contributed by atoms with E-state index in [9.17, 15) is 0 Å². The molecule has 2 N–H and O–H groups in total. The third-order valence-electron chi connectivity index (χ3n) is 5.15. The van der Waals surface area contributed by atoms with Gasteiger partial charge in [0.2, 0.25) is 0 Å². The number of nitrogens with zero attached hydrogens (tertiary/aromatic N) is 3. The number of aromatic nitrogens is 3. The highest BCUT2D eigenvalue weighted by Crippen LogP contribution is 2.44. The molecule has 0 radical (unpaired) electrons. The third kappa shape index (κ3) is 1.71. The Morgan fingerprint density at radius 3 is 2.90 bits per heavy atom. The monoisotopic (exact) mass is 270 g/mol. The first-order valence-electron chi connectivity index (χ1n) is 7.79. The number of nitrogens with two attached hydrogens (primary N) is 1. The Hall–Kier alpha value is -1.42. The minimum absolute atomic E-state index is 0.00153. The summed E-state index contributed by atoms with van der Waals surface area (Å²) in [6.07, 6.45) is 9.13. The zero-order chi connectivity index (χ0) is 13.7. The lowest BCUT2D eigenvalue weighted by atomic mass is 9.71. The molecule has 2 aliphatic carbocycles. The van der Waals surface area contributed by atoms with Gasteiger partial charge in [0.1, 0.15) is 11.3 Å². The summed E-state index contributed by atoms with van der Waals surface area (Å²) in [6.45, 7) is 2.30. The molecule has 0 aliphatic heterocycles. The lowest BCUT2D eigenvalue weighted by Crippen LogP contribution is -2.47. The molecule has 2 aliphatic rings. The lowest BCUT2D eigenvalue weighted by Gasteiger charge is -2.39. The molecule has 4 rings (SSSR count). The predicted octanol–water partition coefficient (Wildman–Crippen LogP) is 2.93. The molecule has 0 spiro atoms. The second kappa shape index (κ2) is 4.29. The number of hydrogen-bond donors (Lipinski definition) is 1. The molecule has 0 bridgehead atoms. The minimum atomic E-state index is 0.00153. The average Bonchev–Trinajstić information content (AvgIpc) is 3.22. The summed E-state index contributed by atoms with van der Waals surface area (Å²) in [5.74, 6) is 1.18. The molecule has 2 atom stereocenters. The zero-order valence-electron chi connectivity index (χ0n) is 12.0. The van der Waals surface area contributed by atoms with Gasteiger partial charge in [-0.25, -0.2) is 9.97 Å². The van der Waals surface area contributed by atoms with Crippen molar-refractivity contribution in [3.05, 3.63) is 24.2 Å². The van der Waals surface area contributed by atoms with Crippen LogP contribution in [0.25, 0.3) is 11.2 Å². The average molecular weight is 270 g/mol. The fourth-order valence-corrected chi connectivity index (χ4v) is 3.65. The Labute approximate surface area is 119 Å². The van der Waals surface area contributed by atoms with E-state index >= 15 is 0 Å². The summed E-state index contributed by atoms with van der Waals surface area (Å²) in [5.41, 5.74) is 8.55. The van der Waals surface area contributed by atoms with E-state index in [1.54, 1.807) is 0 Å². The van der Waals surface area contributed by atoms with E-state index in [1.807, 2.05) is 12.3 Å². The fourth-order valence-electron chi connectivity index (χ4n) is 3.65. The van der Waals surface area contributed by atoms with E-state index in [0.29, 0.717) is 6.04 Å². The SMILES string of the molecule is CC1(c2nc3cccnc3n2C2CC2)CCCCC1N. The van der Waals surface area contributed by atoms with Crippen molar-refractivity contribution in [2.45, 2.75) is 62.9 Å². The maximum absolute atomic E-state index is 6.48. The number of pyridine rings is 1. The van der Waals surface area contributed by atoms with Gasteiger partial charge in [0, 0.05) is 23.7 Å². The van der Waals surface area contributed by atoms with Gasteiger partial charge in [0.25, 0.3) is 0 Å². The van der Waals surface area contributed by atoms with E-state index in [4.69, 9.17) is 10.7 Å². The number of rotatable bonds is 2. The second-order valence-electron chi connectivity index (χ2n) is 6.65. The van der Waals surface area contributed by atoms with Gasteiger partial charge in [0.15, 0.2) is 5.65 Å². The molecule has 2 saturated carbocycles. The number of imidazole rings is 1. The third-order valence-corrected chi connectivity index (χ3v) is 5.15. The number of hydrogen-bond acceptors (Lipinski definition) is 3. The van der Waals surface area contributed by atoms with Crippen LogP contribution in [0.3, 0.4) is 0 Å². The number of fused-ring (bicyclic) bond motifs is 1. The summed E-state index contributed by atoms with van der Waals surface area (Å²) < 4.78 is 2.39. The van der Waals surface area contributed by atoms with E-state index in [1.165, 1.54) is 31.5 Å². The van der Waals surface area contributed by atoms with Crippen molar-refractivity contribution < 1.29 is 0 Å². The molecule has 0 saturated heterocycles. The maximum Gasteiger partial charge on any atom is 0.160 e. The maximum atomic E-state index is 6.48. The van der Waals surface area contributed by atoms with Crippen molar-refractivity contribution >= 4 is 11.2 Å². The summed E-state index contributed by atoms with van der Waals surface area (Å²) in [7, 11) is 0. The molecule has 2 aromatic heterocycles. The Morgan fingerprint density at radius 1 is 1.30 bits per heavy atom. The Morgan fingerprint density at radius 2 is 2.15 bits per heavy atom. The van der Waals surface area contributed by atoms with Crippen LogP contribution in [0.5, 0.6) is 0 Å². The molecular weight excluding hydrogens is 248 g/mol. The summed E-state index contributed by atoms with van der Waals surface area (Å²) in [6, 6.07) is 4.85. The molecule has 2 aromatic rings. The quantitative estimate of drug-likeness (QED) is 0.912.